The van der Waals surface area contributed by atoms with Crippen molar-refractivity contribution >= 4 is 5.78 Å². The molecule has 1 atom stereocenters. The Labute approximate surface area is 97.0 Å². The van der Waals surface area contributed by atoms with Crippen LogP contribution in [0.15, 0.2) is 48.3 Å². The average Bonchev–Trinajstić information content (AvgIpc) is 2.51. The summed E-state index contributed by atoms with van der Waals surface area (Å²) in [6.07, 6.45) is 13.8. The van der Waals surface area contributed by atoms with Crippen LogP contribution in [0.25, 0.3) is 0 Å². The molecule has 0 aliphatic carbocycles. The Balaban J connectivity index is 2.71. The molecule has 0 spiro atoms. The Morgan fingerprint density at radius 3 is 2.81 bits per heavy atom. The summed E-state index contributed by atoms with van der Waals surface area (Å²) >= 11 is 0. The van der Waals surface area contributed by atoms with E-state index >= 15 is 0 Å². The van der Waals surface area contributed by atoms with Gasteiger partial charge in [0.2, 0.25) is 5.78 Å². The smallest absolute Gasteiger partial charge is 0.206 e. The van der Waals surface area contributed by atoms with Crippen LogP contribution in [0.3, 0.4) is 0 Å². The number of hydrogen-bond acceptors (Lipinski definition) is 2. The van der Waals surface area contributed by atoms with Crippen molar-refractivity contribution in [3.05, 3.63) is 48.3 Å². The first-order chi connectivity index (χ1) is 7.62. The summed E-state index contributed by atoms with van der Waals surface area (Å²) in [4.78, 5) is 11.7. The second kappa shape index (κ2) is 5.50. The molecule has 0 saturated heterocycles. The van der Waals surface area contributed by atoms with E-state index in [0.29, 0.717) is 5.76 Å². The summed E-state index contributed by atoms with van der Waals surface area (Å²) in [5.74, 6) is 0.612. The van der Waals surface area contributed by atoms with Gasteiger partial charge in [0.05, 0.1) is 0 Å². The molecular weight excluding hydrogens is 200 g/mol. The van der Waals surface area contributed by atoms with Crippen molar-refractivity contribution in [1.29, 1.82) is 0 Å². The van der Waals surface area contributed by atoms with Gasteiger partial charge in [-0.15, -0.1) is 0 Å². The highest BCUT2D eigenvalue weighted by atomic mass is 16.5. The largest absolute Gasteiger partial charge is 0.475 e. The Morgan fingerprint density at radius 2 is 2.19 bits per heavy atom. The van der Waals surface area contributed by atoms with Gasteiger partial charge in [0.1, 0.15) is 5.76 Å². The number of rotatable bonds is 4. The minimum Gasteiger partial charge on any atom is -0.475 e. The lowest BCUT2D eigenvalue weighted by Crippen LogP contribution is -2.29. The van der Waals surface area contributed by atoms with Gasteiger partial charge in [-0.05, 0) is 32.4 Å². The molecule has 0 saturated carbocycles. The summed E-state index contributed by atoms with van der Waals surface area (Å²) in [6, 6.07) is 0. The first-order valence-corrected chi connectivity index (χ1v) is 5.54. The highest BCUT2D eigenvalue weighted by Gasteiger charge is 2.36. The molecule has 0 radical (unpaired) electrons. The van der Waals surface area contributed by atoms with E-state index in [-0.39, 0.29) is 5.78 Å². The molecule has 16 heavy (non-hydrogen) atoms. The zero-order valence-corrected chi connectivity index (χ0v) is 10.1. The van der Waals surface area contributed by atoms with Crippen molar-refractivity contribution in [2.75, 3.05) is 0 Å². The molecule has 1 heterocycles. The fourth-order valence-electron chi connectivity index (χ4n) is 1.41. The van der Waals surface area contributed by atoms with Crippen LogP contribution in [0.1, 0.15) is 27.2 Å². The molecule has 0 aromatic heterocycles. The quantitative estimate of drug-likeness (QED) is 0.676. The molecule has 0 aromatic rings. The molecule has 2 heteroatoms. The normalized spacial score (nSPS) is 25.9. The van der Waals surface area contributed by atoms with E-state index in [1.54, 1.807) is 19.1 Å². The Bertz CT molecular complexity index is 372. The van der Waals surface area contributed by atoms with Crippen LogP contribution in [0.4, 0.5) is 0 Å². The number of hydrogen-bond donors (Lipinski definition) is 0. The van der Waals surface area contributed by atoms with E-state index in [4.69, 9.17) is 4.74 Å². The van der Waals surface area contributed by atoms with E-state index in [0.717, 1.165) is 6.42 Å². The van der Waals surface area contributed by atoms with E-state index in [1.165, 1.54) is 6.08 Å². The van der Waals surface area contributed by atoms with Crippen molar-refractivity contribution < 1.29 is 9.53 Å². The molecule has 1 unspecified atom stereocenters. The van der Waals surface area contributed by atoms with Crippen LogP contribution in [0, 0.1) is 0 Å². The standard InChI is InChI=1S/C14H18O2/c1-4-6-7-8-10-14(3)13(15)11-12(16-14)9-5-2/h5-11H,4H2,1-3H3. The molecule has 0 amide bonds. The lowest BCUT2D eigenvalue weighted by Gasteiger charge is -2.18. The summed E-state index contributed by atoms with van der Waals surface area (Å²) in [7, 11) is 0. The van der Waals surface area contributed by atoms with Gasteiger partial charge in [-0.3, -0.25) is 4.79 Å². The highest BCUT2D eigenvalue weighted by molar-refractivity contribution is 6.01. The number of allylic oxidation sites excluding steroid dienone is 5. The molecule has 1 aliphatic rings. The SMILES string of the molecule is CC=CC1=CC(=O)C(C)(C=CC=CCC)O1. The van der Waals surface area contributed by atoms with Gasteiger partial charge >= 0.3 is 0 Å². The van der Waals surface area contributed by atoms with Crippen LogP contribution in [0.5, 0.6) is 0 Å². The van der Waals surface area contributed by atoms with Gasteiger partial charge in [-0.2, -0.15) is 0 Å². The monoisotopic (exact) mass is 218 g/mol. The molecule has 86 valence electrons. The average molecular weight is 218 g/mol. The lowest BCUT2D eigenvalue weighted by molar-refractivity contribution is -0.124. The molecule has 0 fully saturated rings. The maximum atomic E-state index is 11.7. The van der Waals surface area contributed by atoms with Crippen molar-refractivity contribution in [2.24, 2.45) is 0 Å². The Morgan fingerprint density at radius 1 is 1.44 bits per heavy atom. The fraction of sp³-hybridized carbons (Fsp3) is 0.357. The van der Waals surface area contributed by atoms with E-state index < -0.39 is 5.60 Å². The number of ketones is 1. The molecular formula is C14H18O2. The maximum absolute atomic E-state index is 11.7. The van der Waals surface area contributed by atoms with E-state index in [1.807, 2.05) is 31.2 Å². The topological polar surface area (TPSA) is 26.3 Å². The third-order valence-corrected chi connectivity index (χ3v) is 2.32. The second-order valence-electron chi connectivity index (χ2n) is 3.82. The van der Waals surface area contributed by atoms with Gasteiger partial charge in [-0.1, -0.05) is 31.2 Å². The van der Waals surface area contributed by atoms with Gasteiger partial charge in [-0.25, -0.2) is 0 Å². The van der Waals surface area contributed by atoms with Gasteiger partial charge in [0.25, 0.3) is 0 Å². The zero-order valence-electron chi connectivity index (χ0n) is 10.1. The molecule has 2 nitrogen and oxygen atoms in total. The molecule has 1 aliphatic heterocycles. The van der Waals surface area contributed by atoms with Crippen LogP contribution in [-0.4, -0.2) is 11.4 Å². The van der Waals surface area contributed by atoms with Crippen LogP contribution < -0.4 is 0 Å². The first kappa shape index (κ1) is 12.5. The minimum atomic E-state index is -0.840. The zero-order chi connectivity index (χ0) is 12.0. The van der Waals surface area contributed by atoms with Crippen LogP contribution >= 0.6 is 0 Å². The number of carbonyl (C=O) groups excluding carboxylic acids is 1. The van der Waals surface area contributed by atoms with Crippen LogP contribution in [0.2, 0.25) is 0 Å². The predicted octanol–water partition coefficient (Wildman–Crippen LogP) is 3.33. The van der Waals surface area contributed by atoms with Gasteiger partial charge in [0, 0.05) is 6.08 Å². The summed E-state index contributed by atoms with van der Waals surface area (Å²) < 4.78 is 5.59. The third kappa shape index (κ3) is 2.96. The Kier molecular flexibility index (Phi) is 4.29. The molecule has 0 N–H and O–H groups in total. The van der Waals surface area contributed by atoms with Gasteiger partial charge in [0.15, 0.2) is 5.60 Å². The Hall–Kier alpha value is -1.57. The molecule has 0 aromatic carbocycles. The summed E-state index contributed by atoms with van der Waals surface area (Å²) in [6.45, 7) is 5.73. The van der Waals surface area contributed by atoms with Crippen molar-refractivity contribution in [1.82, 2.24) is 0 Å². The lowest BCUT2D eigenvalue weighted by atomic mass is 10.0. The van der Waals surface area contributed by atoms with Crippen LogP contribution in [-0.2, 0) is 9.53 Å². The molecule has 0 bridgehead atoms. The maximum Gasteiger partial charge on any atom is 0.206 e. The van der Waals surface area contributed by atoms with Crippen molar-refractivity contribution in [3.63, 3.8) is 0 Å². The summed E-state index contributed by atoms with van der Waals surface area (Å²) in [5.41, 5.74) is -0.840. The minimum absolute atomic E-state index is 0.0123. The van der Waals surface area contributed by atoms with E-state index in [9.17, 15) is 4.79 Å². The number of carbonyl (C=O) groups is 1. The molecule has 1 rings (SSSR count). The fourth-order valence-corrected chi connectivity index (χ4v) is 1.41. The first-order valence-electron chi connectivity index (χ1n) is 5.54. The van der Waals surface area contributed by atoms with E-state index in [2.05, 4.69) is 6.92 Å². The number of ether oxygens (including phenoxy) is 1. The second-order valence-corrected chi connectivity index (χ2v) is 3.82. The summed E-state index contributed by atoms with van der Waals surface area (Å²) in [5, 5.41) is 0. The van der Waals surface area contributed by atoms with Gasteiger partial charge < -0.3 is 4.74 Å². The van der Waals surface area contributed by atoms with Crippen molar-refractivity contribution in [3.8, 4) is 0 Å². The predicted molar refractivity (Wildman–Crippen MR) is 66.0 cm³/mol. The van der Waals surface area contributed by atoms with Crippen molar-refractivity contribution in [2.45, 2.75) is 32.8 Å². The third-order valence-electron chi connectivity index (χ3n) is 2.32. The highest BCUT2D eigenvalue weighted by Crippen LogP contribution is 2.26.